The number of benzene rings is 2. The maximum atomic E-state index is 12.3. The second-order valence-corrected chi connectivity index (χ2v) is 8.75. The smallest absolute Gasteiger partial charge is 0.363 e. The number of aryl methyl sites for hydroxylation is 1. The molecule has 31 heavy (non-hydrogen) atoms. The molecule has 0 fully saturated rings. The second-order valence-electron chi connectivity index (χ2n) is 6.43. The normalized spacial score (nSPS) is 14.3. The molecule has 0 N–H and O–H groups in total. The zero-order valence-corrected chi connectivity index (χ0v) is 21.3. The van der Waals surface area contributed by atoms with E-state index in [0.29, 0.717) is 20.6 Å². The lowest BCUT2D eigenvalue weighted by Crippen LogP contribution is -2.15. The highest BCUT2D eigenvalue weighted by Gasteiger charge is 2.25. The number of hydrogen-bond acceptors (Lipinski definition) is 7. The van der Waals surface area contributed by atoms with Gasteiger partial charge in [0, 0.05) is 9.13 Å². The van der Waals surface area contributed by atoms with Gasteiger partial charge in [0.05, 0.1) is 17.3 Å². The molecule has 0 spiro atoms. The number of carbonyl (C=O) groups is 2. The van der Waals surface area contributed by atoms with E-state index in [0.717, 1.165) is 14.7 Å². The van der Waals surface area contributed by atoms with Crippen LogP contribution in [0.1, 0.15) is 23.6 Å². The molecule has 1 aliphatic rings. The van der Waals surface area contributed by atoms with Crippen LogP contribution in [0.2, 0.25) is 0 Å². The predicted octanol–water partition coefficient (Wildman–Crippen LogP) is 4.50. The lowest BCUT2D eigenvalue weighted by Gasteiger charge is -2.13. The number of halogens is 2. The molecular formula is C22H19I2NO6. The Bertz CT molecular complexity index is 1090. The van der Waals surface area contributed by atoms with E-state index in [1.54, 1.807) is 25.1 Å². The van der Waals surface area contributed by atoms with Crippen LogP contribution in [-0.4, -0.2) is 38.2 Å². The molecule has 0 unspecified atom stereocenters. The highest BCUT2D eigenvalue weighted by Crippen LogP contribution is 2.35. The summed E-state index contributed by atoms with van der Waals surface area (Å²) in [4.78, 5) is 28.3. The molecule has 7 nitrogen and oxygen atoms in total. The quantitative estimate of drug-likeness (QED) is 0.250. The Morgan fingerprint density at radius 3 is 2.65 bits per heavy atom. The van der Waals surface area contributed by atoms with E-state index >= 15 is 0 Å². The van der Waals surface area contributed by atoms with Gasteiger partial charge in [0.1, 0.15) is 0 Å². The predicted molar refractivity (Wildman–Crippen MR) is 132 cm³/mol. The van der Waals surface area contributed by atoms with Gasteiger partial charge >= 0.3 is 11.9 Å². The Balaban J connectivity index is 1.87. The summed E-state index contributed by atoms with van der Waals surface area (Å²) in [7, 11) is 1.50. The van der Waals surface area contributed by atoms with Crippen molar-refractivity contribution in [2.75, 3.05) is 20.3 Å². The SMILES string of the molecule is CCOC(=O)COc1c(I)cc(/C=C2\N=C(c3ccc(I)c(C)c3)OC2=O)cc1OC. The number of methoxy groups -OCH3 is 1. The molecule has 0 saturated heterocycles. The summed E-state index contributed by atoms with van der Waals surface area (Å²) in [5.74, 6) is 0.125. The molecule has 0 radical (unpaired) electrons. The Hall–Kier alpha value is -2.15. The first-order valence-electron chi connectivity index (χ1n) is 9.27. The third kappa shape index (κ3) is 5.76. The molecule has 0 amide bonds. The van der Waals surface area contributed by atoms with E-state index in [9.17, 15) is 9.59 Å². The molecule has 0 atom stereocenters. The fourth-order valence-corrected chi connectivity index (χ4v) is 3.88. The number of ether oxygens (including phenoxy) is 4. The van der Waals surface area contributed by atoms with Crippen molar-refractivity contribution in [2.24, 2.45) is 4.99 Å². The van der Waals surface area contributed by atoms with Crippen LogP contribution in [-0.2, 0) is 19.1 Å². The molecule has 1 heterocycles. The zero-order valence-electron chi connectivity index (χ0n) is 17.0. The molecule has 2 aromatic carbocycles. The molecule has 3 rings (SSSR count). The van der Waals surface area contributed by atoms with Crippen LogP contribution in [0.4, 0.5) is 0 Å². The van der Waals surface area contributed by atoms with Gasteiger partial charge in [-0.05, 0) is 107 Å². The molecule has 0 aliphatic carbocycles. The van der Waals surface area contributed by atoms with Crippen molar-refractivity contribution >= 4 is 69.1 Å². The van der Waals surface area contributed by atoms with E-state index < -0.39 is 11.9 Å². The molecular weight excluding hydrogens is 628 g/mol. The van der Waals surface area contributed by atoms with E-state index in [2.05, 4.69) is 50.2 Å². The van der Waals surface area contributed by atoms with Gasteiger partial charge in [0.15, 0.2) is 23.8 Å². The van der Waals surface area contributed by atoms with Gasteiger partial charge in [0.2, 0.25) is 5.90 Å². The third-order valence-corrected chi connectivity index (χ3v) is 6.23. The highest BCUT2D eigenvalue weighted by molar-refractivity contribution is 14.1. The summed E-state index contributed by atoms with van der Waals surface area (Å²) >= 11 is 4.32. The summed E-state index contributed by atoms with van der Waals surface area (Å²) < 4.78 is 23.0. The van der Waals surface area contributed by atoms with Gasteiger partial charge < -0.3 is 18.9 Å². The van der Waals surface area contributed by atoms with E-state index in [-0.39, 0.29) is 24.8 Å². The first-order chi connectivity index (χ1) is 14.8. The second kappa shape index (κ2) is 10.4. The van der Waals surface area contributed by atoms with Crippen molar-refractivity contribution in [3.8, 4) is 11.5 Å². The maximum absolute atomic E-state index is 12.3. The monoisotopic (exact) mass is 647 g/mol. The molecule has 162 valence electrons. The van der Waals surface area contributed by atoms with Crippen LogP contribution in [0, 0.1) is 14.1 Å². The first-order valence-corrected chi connectivity index (χ1v) is 11.4. The molecule has 9 heteroatoms. The molecule has 2 aromatic rings. The summed E-state index contributed by atoms with van der Waals surface area (Å²) in [6.07, 6.45) is 1.62. The van der Waals surface area contributed by atoms with Crippen molar-refractivity contribution in [3.63, 3.8) is 0 Å². The topological polar surface area (TPSA) is 83.4 Å². The lowest BCUT2D eigenvalue weighted by atomic mass is 10.1. The standard InChI is InChI=1S/C22H19I2NO6/c1-4-29-19(26)11-30-20-16(24)8-13(10-18(20)28-3)9-17-22(27)31-21(25-17)14-5-6-15(23)12(2)7-14/h5-10H,4,11H2,1-3H3/b17-9-. The first kappa shape index (κ1) is 23.5. The summed E-state index contributed by atoms with van der Waals surface area (Å²) in [5.41, 5.74) is 2.68. The van der Waals surface area contributed by atoms with Crippen LogP contribution in [0.25, 0.3) is 6.08 Å². The fraction of sp³-hybridized carbons (Fsp3) is 0.227. The van der Waals surface area contributed by atoms with Crippen molar-refractivity contribution in [1.29, 1.82) is 0 Å². The molecule has 0 bridgehead atoms. The minimum Gasteiger partial charge on any atom is -0.493 e. The van der Waals surface area contributed by atoms with E-state index in [1.165, 1.54) is 7.11 Å². The summed E-state index contributed by atoms with van der Waals surface area (Å²) in [6.45, 7) is 3.77. The van der Waals surface area contributed by atoms with Crippen LogP contribution in [0.3, 0.4) is 0 Å². The average Bonchev–Trinajstić information content (AvgIpc) is 3.09. The number of cyclic esters (lactones) is 1. The maximum Gasteiger partial charge on any atom is 0.363 e. The van der Waals surface area contributed by atoms with Crippen molar-refractivity contribution in [3.05, 3.63) is 59.9 Å². The van der Waals surface area contributed by atoms with Crippen molar-refractivity contribution in [2.45, 2.75) is 13.8 Å². The number of aliphatic imine (C=N–C) groups is 1. The van der Waals surface area contributed by atoms with Gasteiger partial charge in [-0.15, -0.1) is 0 Å². The summed E-state index contributed by atoms with van der Waals surface area (Å²) in [6, 6.07) is 9.24. The van der Waals surface area contributed by atoms with E-state index in [1.807, 2.05) is 25.1 Å². The Morgan fingerprint density at radius 1 is 1.19 bits per heavy atom. The average molecular weight is 647 g/mol. The lowest BCUT2D eigenvalue weighted by molar-refractivity contribution is -0.145. The number of carbonyl (C=O) groups excluding carboxylic acids is 2. The largest absolute Gasteiger partial charge is 0.493 e. The van der Waals surface area contributed by atoms with Crippen LogP contribution < -0.4 is 9.47 Å². The minimum absolute atomic E-state index is 0.184. The minimum atomic E-state index is -0.525. The fourth-order valence-electron chi connectivity index (χ4n) is 2.77. The number of esters is 2. The number of nitrogens with zero attached hydrogens (tertiary/aromatic N) is 1. The van der Waals surface area contributed by atoms with Crippen LogP contribution in [0.15, 0.2) is 41.0 Å². The van der Waals surface area contributed by atoms with Gasteiger partial charge in [-0.2, -0.15) is 0 Å². The van der Waals surface area contributed by atoms with Crippen LogP contribution >= 0.6 is 45.2 Å². The highest BCUT2D eigenvalue weighted by atomic mass is 127. The van der Waals surface area contributed by atoms with Crippen molar-refractivity contribution < 1.29 is 28.5 Å². The third-order valence-electron chi connectivity index (χ3n) is 4.22. The summed E-state index contributed by atoms with van der Waals surface area (Å²) in [5, 5.41) is 0. The Labute approximate surface area is 207 Å². The van der Waals surface area contributed by atoms with Gasteiger partial charge in [-0.1, -0.05) is 0 Å². The number of hydrogen-bond donors (Lipinski definition) is 0. The Morgan fingerprint density at radius 2 is 1.97 bits per heavy atom. The van der Waals surface area contributed by atoms with Gasteiger partial charge in [-0.25, -0.2) is 14.6 Å². The molecule has 0 aromatic heterocycles. The van der Waals surface area contributed by atoms with Gasteiger partial charge in [-0.3, -0.25) is 0 Å². The van der Waals surface area contributed by atoms with Gasteiger partial charge in [0.25, 0.3) is 0 Å². The van der Waals surface area contributed by atoms with E-state index in [4.69, 9.17) is 18.9 Å². The number of rotatable bonds is 7. The molecule has 0 saturated carbocycles. The molecule has 1 aliphatic heterocycles. The Kier molecular flexibility index (Phi) is 7.92. The van der Waals surface area contributed by atoms with Crippen molar-refractivity contribution in [1.82, 2.24) is 0 Å². The van der Waals surface area contributed by atoms with Crippen LogP contribution in [0.5, 0.6) is 11.5 Å². The zero-order chi connectivity index (χ0) is 22.5.